The minimum absolute atomic E-state index is 0.155. The van der Waals surface area contributed by atoms with E-state index in [2.05, 4.69) is 0 Å². The summed E-state index contributed by atoms with van der Waals surface area (Å²) in [5.74, 6) is 0.140. The van der Waals surface area contributed by atoms with E-state index in [4.69, 9.17) is 14.2 Å². The number of ether oxygens (including phenoxy) is 3. The third-order valence-electron chi connectivity index (χ3n) is 3.64. The van der Waals surface area contributed by atoms with E-state index in [9.17, 15) is 14.9 Å². The third kappa shape index (κ3) is 3.80. The number of benzene rings is 1. The van der Waals surface area contributed by atoms with Gasteiger partial charge in [-0.25, -0.2) is 0 Å². The summed E-state index contributed by atoms with van der Waals surface area (Å²) in [6, 6.07) is 5.08. The highest BCUT2D eigenvalue weighted by atomic mass is 16.5. The Hall–Kier alpha value is -3.27. The lowest BCUT2D eigenvalue weighted by molar-refractivity contribution is -0.139. The van der Waals surface area contributed by atoms with Crippen molar-refractivity contribution in [2.45, 2.75) is 6.42 Å². The molecule has 0 unspecified atom stereocenters. The van der Waals surface area contributed by atoms with Gasteiger partial charge in [-0.2, -0.15) is 5.26 Å². The molecule has 0 aromatic heterocycles. The summed E-state index contributed by atoms with van der Waals surface area (Å²) < 4.78 is 15.7. The van der Waals surface area contributed by atoms with Crippen molar-refractivity contribution in [3.8, 4) is 23.3 Å². The second kappa shape index (κ2) is 8.02. The monoisotopic (exact) mass is 342 g/mol. The largest absolute Gasteiger partial charge is 0.493 e. The summed E-state index contributed by atoms with van der Waals surface area (Å²) in [4.78, 5) is 25.3. The first kappa shape index (κ1) is 18.1. The second-order valence-electron chi connectivity index (χ2n) is 5.11. The minimum Gasteiger partial charge on any atom is -0.493 e. The average Bonchev–Trinajstić information content (AvgIpc) is 2.64. The smallest absolute Gasteiger partial charge is 0.271 e. The molecule has 7 heteroatoms. The van der Waals surface area contributed by atoms with Crippen LogP contribution in [-0.4, -0.2) is 44.6 Å². The van der Waals surface area contributed by atoms with Crippen LogP contribution in [0.2, 0.25) is 0 Å². The van der Waals surface area contributed by atoms with Crippen molar-refractivity contribution >= 4 is 17.9 Å². The van der Waals surface area contributed by atoms with Gasteiger partial charge in [-0.15, -0.1) is 0 Å². The van der Waals surface area contributed by atoms with Crippen molar-refractivity contribution in [3.05, 3.63) is 35.4 Å². The highest BCUT2D eigenvalue weighted by Gasteiger charge is 2.24. The van der Waals surface area contributed by atoms with Gasteiger partial charge in [0.05, 0.1) is 21.3 Å². The average molecular weight is 342 g/mol. The van der Waals surface area contributed by atoms with Crippen LogP contribution in [0.25, 0.3) is 6.08 Å². The molecule has 0 fully saturated rings. The molecule has 0 bridgehead atoms. The molecule has 1 aliphatic heterocycles. The zero-order valence-electron chi connectivity index (χ0n) is 14.2. The number of methoxy groups -OCH3 is 3. The summed E-state index contributed by atoms with van der Waals surface area (Å²) in [5, 5.41) is 9.35. The van der Waals surface area contributed by atoms with Crippen LogP contribution in [-0.2, 0) is 9.59 Å². The number of hydrogen-bond acceptors (Lipinski definition) is 6. The Morgan fingerprint density at radius 1 is 1.20 bits per heavy atom. The quantitative estimate of drug-likeness (QED) is 0.600. The van der Waals surface area contributed by atoms with Gasteiger partial charge in [-0.1, -0.05) is 6.08 Å². The van der Waals surface area contributed by atoms with Crippen LogP contribution >= 0.6 is 0 Å². The molecule has 1 aromatic rings. The van der Waals surface area contributed by atoms with Crippen LogP contribution in [0.1, 0.15) is 12.0 Å². The number of nitriles is 1. The van der Waals surface area contributed by atoms with Gasteiger partial charge in [0.25, 0.3) is 11.8 Å². The van der Waals surface area contributed by atoms with Gasteiger partial charge in [0.1, 0.15) is 11.6 Å². The molecule has 7 nitrogen and oxygen atoms in total. The zero-order valence-corrected chi connectivity index (χ0v) is 14.2. The van der Waals surface area contributed by atoms with Crippen molar-refractivity contribution in [3.63, 3.8) is 0 Å². The Morgan fingerprint density at radius 2 is 1.84 bits per heavy atom. The van der Waals surface area contributed by atoms with Crippen molar-refractivity contribution in [1.29, 1.82) is 5.26 Å². The van der Waals surface area contributed by atoms with E-state index < -0.39 is 11.8 Å². The Labute approximate surface area is 145 Å². The van der Waals surface area contributed by atoms with Crippen LogP contribution in [0.4, 0.5) is 0 Å². The maximum Gasteiger partial charge on any atom is 0.271 e. The lowest BCUT2D eigenvalue weighted by atomic mass is 10.1. The van der Waals surface area contributed by atoms with Gasteiger partial charge in [0.2, 0.25) is 5.75 Å². The van der Waals surface area contributed by atoms with E-state index in [1.165, 1.54) is 33.5 Å². The molecular weight excluding hydrogens is 324 g/mol. The van der Waals surface area contributed by atoms with E-state index in [0.717, 1.165) is 4.90 Å². The molecular formula is C18H18N2O5. The van der Waals surface area contributed by atoms with E-state index in [0.29, 0.717) is 29.2 Å². The molecule has 1 aromatic carbocycles. The van der Waals surface area contributed by atoms with E-state index in [-0.39, 0.29) is 12.1 Å². The number of imide groups is 1. The lowest BCUT2D eigenvalue weighted by Crippen LogP contribution is -2.38. The standard InChI is InChI=1S/C18H18N2O5/c1-23-14-9-12(10-15(24-2)17(14)25-3)8-13(11-19)18(22)20-7-5-4-6-16(20)21/h4,6,8-10H,5,7H2,1-3H3/b13-8+. The molecule has 2 amide bonds. The molecule has 0 aliphatic carbocycles. The lowest BCUT2D eigenvalue weighted by Gasteiger charge is -2.21. The number of amides is 2. The van der Waals surface area contributed by atoms with E-state index in [1.54, 1.807) is 18.2 Å². The fourth-order valence-corrected chi connectivity index (χ4v) is 2.43. The molecule has 1 heterocycles. The third-order valence-corrected chi connectivity index (χ3v) is 3.64. The number of rotatable bonds is 5. The van der Waals surface area contributed by atoms with Crippen LogP contribution in [0, 0.1) is 11.3 Å². The summed E-state index contributed by atoms with van der Waals surface area (Å²) >= 11 is 0. The van der Waals surface area contributed by atoms with Gasteiger partial charge < -0.3 is 14.2 Å². The van der Waals surface area contributed by atoms with Crippen LogP contribution < -0.4 is 14.2 Å². The van der Waals surface area contributed by atoms with Crippen LogP contribution in [0.5, 0.6) is 17.2 Å². The highest BCUT2D eigenvalue weighted by Crippen LogP contribution is 2.38. The molecule has 25 heavy (non-hydrogen) atoms. The zero-order chi connectivity index (χ0) is 18.4. The van der Waals surface area contributed by atoms with Gasteiger partial charge in [-0.05, 0) is 36.3 Å². The maximum absolute atomic E-state index is 12.5. The Balaban J connectivity index is 2.42. The first-order valence-corrected chi connectivity index (χ1v) is 7.49. The van der Waals surface area contributed by atoms with Gasteiger partial charge >= 0.3 is 0 Å². The van der Waals surface area contributed by atoms with Gasteiger partial charge in [0, 0.05) is 6.54 Å². The molecule has 0 saturated heterocycles. The van der Waals surface area contributed by atoms with Gasteiger partial charge in [0.15, 0.2) is 11.5 Å². The fourth-order valence-electron chi connectivity index (χ4n) is 2.43. The molecule has 2 rings (SSSR count). The topological polar surface area (TPSA) is 88.9 Å². The molecule has 0 radical (unpaired) electrons. The minimum atomic E-state index is -0.634. The predicted molar refractivity (Wildman–Crippen MR) is 90.2 cm³/mol. The summed E-state index contributed by atoms with van der Waals surface area (Å²) in [6.45, 7) is 0.252. The predicted octanol–water partition coefficient (Wildman–Crippen LogP) is 1.93. The van der Waals surface area contributed by atoms with Gasteiger partial charge in [-0.3, -0.25) is 14.5 Å². The van der Waals surface area contributed by atoms with Crippen molar-refractivity contribution in [2.24, 2.45) is 0 Å². The van der Waals surface area contributed by atoms with Crippen LogP contribution in [0.3, 0.4) is 0 Å². The Kier molecular flexibility index (Phi) is 5.79. The number of nitrogens with zero attached hydrogens (tertiary/aromatic N) is 2. The van der Waals surface area contributed by atoms with E-state index >= 15 is 0 Å². The highest BCUT2D eigenvalue weighted by molar-refractivity contribution is 6.11. The molecule has 0 N–H and O–H groups in total. The number of hydrogen-bond donors (Lipinski definition) is 0. The SMILES string of the molecule is COc1cc(/C=C(\C#N)C(=O)N2CCC=CC2=O)cc(OC)c1OC. The summed E-state index contributed by atoms with van der Waals surface area (Å²) in [5.41, 5.74) is 0.359. The molecule has 130 valence electrons. The van der Waals surface area contributed by atoms with E-state index in [1.807, 2.05) is 6.07 Å². The number of carbonyl (C=O) groups excluding carboxylic acids is 2. The Morgan fingerprint density at radius 3 is 2.32 bits per heavy atom. The fraction of sp³-hybridized carbons (Fsp3) is 0.278. The molecule has 1 aliphatic rings. The second-order valence-corrected chi connectivity index (χ2v) is 5.11. The first-order valence-electron chi connectivity index (χ1n) is 7.49. The maximum atomic E-state index is 12.5. The normalized spacial score (nSPS) is 14.1. The molecule has 0 atom stereocenters. The molecule has 0 saturated carbocycles. The Bertz CT molecular complexity index is 764. The molecule has 0 spiro atoms. The van der Waals surface area contributed by atoms with Crippen LogP contribution in [0.15, 0.2) is 29.9 Å². The summed E-state index contributed by atoms with van der Waals surface area (Å²) in [6.07, 6.45) is 4.98. The van der Waals surface area contributed by atoms with Crippen molar-refractivity contribution < 1.29 is 23.8 Å². The van der Waals surface area contributed by atoms with Crippen molar-refractivity contribution in [1.82, 2.24) is 4.90 Å². The van der Waals surface area contributed by atoms with Crippen molar-refractivity contribution in [2.75, 3.05) is 27.9 Å². The summed E-state index contributed by atoms with van der Waals surface area (Å²) in [7, 11) is 4.43. The first-order chi connectivity index (χ1) is 12.0. The number of carbonyl (C=O) groups is 2.